The van der Waals surface area contributed by atoms with E-state index < -0.39 is 0 Å². The zero-order chi connectivity index (χ0) is 13.8. The monoisotopic (exact) mass is 385 g/mol. The number of rotatable bonds is 4. The minimum absolute atomic E-state index is 0.233. The lowest BCUT2D eigenvalue weighted by Gasteiger charge is -2.15. The van der Waals surface area contributed by atoms with E-state index in [4.69, 9.17) is 0 Å². The summed E-state index contributed by atoms with van der Waals surface area (Å²) < 4.78 is 14.7. The van der Waals surface area contributed by atoms with E-state index >= 15 is 0 Å². The fraction of sp³-hybridized carbons (Fsp3) is 0.200. The maximum Gasteiger partial charge on any atom is 0.137 e. The third-order valence-corrected chi connectivity index (χ3v) is 4.05. The molecule has 1 N–H and O–H groups in total. The molecular formula is C15H14Br2FN. The van der Waals surface area contributed by atoms with Gasteiger partial charge in [-0.1, -0.05) is 34.1 Å². The Morgan fingerprint density at radius 2 is 1.95 bits per heavy atom. The number of nitrogens with one attached hydrogen (secondary N) is 1. The fourth-order valence-electron chi connectivity index (χ4n) is 1.81. The lowest BCUT2D eigenvalue weighted by molar-refractivity contribution is 0.572. The van der Waals surface area contributed by atoms with Crippen LogP contribution in [-0.4, -0.2) is 0 Å². The third kappa shape index (κ3) is 4.13. The van der Waals surface area contributed by atoms with E-state index in [1.807, 2.05) is 12.1 Å². The minimum atomic E-state index is -0.233. The second-order valence-electron chi connectivity index (χ2n) is 4.41. The maximum atomic E-state index is 13.1. The summed E-state index contributed by atoms with van der Waals surface area (Å²) in [7, 11) is 0. The molecule has 4 heteroatoms. The molecule has 0 aromatic heterocycles. The molecule has 1 nitrogen and oxygen atoms in total. The van der Waals surface area contributed by atoms with E-state index in [1.165, 1.54) is 11.6 Å². The van der Waals surface area contributed by atoms with E-state index in [-0.39, 0.29) is 11.9 Å². The molecule has 1 atom stereocenters. The van der Waals surface area contributed by atoms with Gasteiger partial charge in [0.25, 0.3) is 0 Å². The van der Waals surface area contributed by atoms with Gasteiger partial charge in [0, 0.05) is 17.1 Å². The third-order valence-electron chi connectivity index (χ3n) is 2.95. The Labute approximate surface area is 129 Å². The van der Waals surface area contributed by atoms with Crippen LogP contribution >= 0.6 is 31.9 Å². The van der Waals surface area contributed by atoms with Gasteiger partial charge in [0.1, 0.15) is 5.82 Å². The summed E-state index contributed by atoms with van der Waals surface area (Å²) in [6, 6.07) is 13.5. The van der Waals surface area contributed by atoms with Crippen molar-refractivity contribution in [1.29, 1.82) is 0 Å². The Hall–Kier alpha value is -0.710. The largest absolute Gasteiger partial charge is 0.306 e. The summed E-state index contributed by atoms with van der Waals surface area (Å²) in [6.07, 6.45) is 0. The highest BCUT2D eigenvalue weighted by molar-refractivity contribution is 9.10. The van der Waals surface area contributed by atoms with Crippen molar-refractivity contribution in [1.82, 2.24) is 5.32 Å². The summed E-state index contributed by atoms with van der Waals surface area (Å²) in [5.74, 6) is -0.233. The SMILES string of the molecule is C[C@H](NCc1ccc(F)c(Br)c1)c1cccc(Br)c1. The predicted molar refractivity (Wildman–Crippen MR) is 83.5 cm³/mol. The molecule has 2 aromatic rings. The average molecular weight is 387 g/mol. The fourth-order valence-corrected chi connectivity index (χ4v) is 2.66. The van der Waals surface area contributed by atoms with Crippen LogP contribution in [0.5, 0.6) is 0 Å². The van der Waals surface area contributed by atoms with E-state index in [0.29, 0.717) is 11.0 Å². The first-order valence-electron chi connectivity index (χ1n) is 5.99. The van der Waals surface area contributed by atoms with Gasteiger partial charge in [-0.25, -0.2) is 4.39 Å². The van der Waals surface area contributed by atoms with Crippen molar-refractivity contribution >= 4 is 31.9 Å². The molecule has 0 saturated carbocycles. The molecule has 0 amide bonds. The molecule has 100 valence electrons. The number of halogens is 3. The van der Waals surface area contributed by atoms with E-state index in [9.17, 15) is 4.39 Å². The highest BCUT2D eigenvalue weighted by atomic mass is 79.9. The van der Waals surface area contributed by atoms with Gasteiger partial charge in [0.15, 0.2) is 0 Å². The van der Waals surface area contributed by atoms with Crippen molar-refractivity contribution in [3.05, 3.63) is 68.4 Å². The molecule has 0 heterocycles. The molecule has 2 rings (SSSR count). The van der Waals surface area contributed by atoms with Gasteiger partial charge in [-0.05, 0) is 58.2 Å². The second-order valence-corrected chi connectivity index (χ2v) is 6.18. The normalized spacial score (nSPS) is 12.4. The van der Waals surface area contributed by atoms with Crippen molar-refractivity contribution in [3.63, 3.8) is 0 Å². The zero-order valence-electron chi connectivity index (χ0n) is 10.5. The van der Waals surface area contributed by atoms with Gasteiger partial charge >= 0.3 is 0 Å². The molecule has 0 unspecified atom stereocenters. The van der Waals surface area contributed by atoms with Gasteiger partial charge in [0.2, 0.25) is 0 Å². The Morgan fingerprint density at radius 3 is 2.63 bits per heavy atom. The second kappa shape index (κ2) is 6.64. The molecule has 0 spiro atoms. The van der Waals surface area contributed by atoms with Crippen LogP contribution in [0.2, 0.25) is 0 Å². The highest BCUT2D eigenvalue weighted by Gasteiger charge is 2.06. The van der Waals surface area contributed by atoms with Crippen LogP contribution in [0.4, 0.5) is 4.39 Å². The molecule has 0 radical (unpaired) electrons. The Bertz CT molecular complexity index is 572. The first-order chi connectivity index (χ1) is 9.06. The smallest absolute Gasteiger partial charge is 0.137 e. The summed E-state index contributed by atoms with van der Waals surface area (Å²) in [6.45, 7) is 2.81. The van der Waals surface area contributed by atoms with Crippen molar-refractivity contribution < 1.29 is 4.39 Å². The van der Waals surface area contributed by atoms with Gasteiger partial charge in [-0.3, -0.25) is 0 Å². The molecule has 0 aliphatic rings. The van der Waals surface area contributed by atoms with E-state index in [0.717, 1.165) is 10.0 Å². The lowest BCUT2D eigenvalue weighted by Crippen LogP contribution is -2.18. The molecular weight excluding hydrogens is 373 g/mol. The van der Waals surface area contributed by atoms with Crippen molar-refractivity contribution in [2.75, 3.05) is 0 Å². The highest BCUT2D eigenvalue weighted by Crippen LogP contribution is 2.20. The number of benzene rings is 2. The zero-order valence-corrected chi connectivity index (χ0v) is 13.6. The lowest BCUT2D eigenvalue weighted by atomic mass is 10.1. The minimum Gasteiger partial charge on any atom is -0.306 e. The molecule has 0 bridgehead atoms. The van der Waals surface area contributed by atoms with Gasteiger partial charge in [-0.15, -0.1) is 0 Å². The average Bonchev–Trinajstić information content (AvgIpc) is 2.40. The van der Waals surface area contributed by atoms with Crippen LogP contribution in [0, 0.1) is 5.82 Å². The summed E-state index contributed by atoms with van der Waals surface area (Å²) >= 11 is 6.67. The van der Waals surface area contributed by atoms with Gasteiger partial charge in [-0.2, -0.15) is 0 Å². The molecule has 0 aliphatic carbocycles. The molecule has 0 aliphatic heterocycles. The van der Waals surface area contributed by atoms with Crippen LogP contribution in [-0.2, 0) is 6.54 Å². The number of hydrogen-bond acceptors (Lipinski definition) is 1. The molecule has 0 saturated heterocycles. The predicted octanol–water partition coefficient (Wildman–Crippen LogP) is 5.20. The van der Waals surface area contributed by atoms with Crippen LogP contribution in [0.15, 0.2) is 51.4 Å². The summed E-state index contributed by atoms with van der Waals surface area (Å²) in [5.41, 5.74) is 2.27. The quantitative estimate of drug-likeness (QED) is 0.761. The number of hydrogen-bond donors (Lipinski definition) is 1. The molecule has 0 fully saturated rings. The van der Waals surface area contributed by atoms with Crippen molar-refractivity contribution in [2.45, 2.75) is 19.5 Å². The van der Waals surface area contributed by atoms with E-state index in [1.54, 1.807) is 12.1 Å². The summed E-state index contributed by atoms with van der Waals surface area (Å²) in [4.78, 5) is 0. The van der Waals surface area contributed by atoms with Crippen molar-refractivity contribution in [3.8, 4) is 0 Å². The Balaban J connectivity index is 2.00. The van der Waals surface area contributed by atoms with E-state index in [2.05, 4.69) is 56.2 Å². The summed E-state index contributed by atoms with van der Waals surface area (Å²) in [5, 5.41) is 3.42. The van der Waals surface area contributed by atoms with Crippen LogP contribution in [0.1, 0.15) is 24.1 Å². The first-order valence-corrected chi connectivity index (χ1v) is 7.57. The van der Waals surface area contributed by atoms with Crippen LogP contribution in [0.3, 0.4) is 0 Å². The van der Waals surface area contributed by atoms with Gasteiger partial charge < -0.3 is 5.32 Å². The van der Waals surface area contributed by atoms with Crippen LogP contribution in [0.25, 0.3) is 0 Å². The standard InChI is InChI=1S/C15H14Br2FN/c1-10(12-3-2-4-13(16)8-12)19-9-11-5-6-15(18)14(17)7-11/h2-8,10,19H,9H2,1H3/t10-/m0/s1. The maximum absolute atomic E-state index is 13.1. The topological polar surface area (TPSA) is 12.0 Å². The molecule has 2 aromatic carbocycles. The molecule has 19 heavy (non-hydrogen) atoms. The van der Waals surface area contributed by atoms with Gasteiger partial charge in [0.05, 0.1) is 4.47 Å². The van der Waals surface area contributed by atoms with Crippen LogP contribution < -0.4 is 5.32 Å². The Kier molecular flexibility index (Phi) is 5.13. The Morgan fingerprint density at radius 1 is 1.16 bits per heavy atom. The van der Waals surface area contributed by atoms with Crippen molar-refractivity contribution in [2.24, 2.45) is 0 Å². The first kappa shape index (κ1) is 14.7.